The summed E-state index contributed by atoms with van der Waals surface area (Å²) in [5.74, 6) is 0.362. The van der Waals surface area contributed by atoms with Gasteiger partial charge in [-0.25, -0.2) is 0 Å². The molecule has 1 heterocycles. The second-order valence-corrected chi connectivity index (χ2v) is 5.22. The summed E-state index contributed by atoms with van der Waals surface area (Å²) in [5, 5.41) is 20.6. The molecule has 0 unspecified atom stereocenters. The van der Waals surface area contributed by atoms with Gasteiger partial charge in [-0.3, -0.25) is 4.79 Å². The van der Waals surface area contributed by atoms with E-state index in [1.807, 2.05) is 27.7 Å². The Hall–Kier alpha value is -2.16. The van der Waals surface area contributed by atoms with Crippen LogP contribution in [0, 0.1) is 11.3 Å². The van der Waals surface area contributed by atoms with E-state index in [1.54, 1.807) is 11.9 Å². The largest absolute Gasteiger partial charge is 0.352 e. The second kappa shape index (κ2) is 7.58. The van der Waals surface area contributed by atoms with E-state index in [4.69, 9.17) is 0 Å². The van der Waals surface area contributed by atoms with Crippen LogP contribution in [0.2, 0.25) is 0 Å². The Kier molecular flexibility index (Phi) is 6.10. The van der Waals surface area contributed by atoms with Crippen molar-refractivity contribution in [2.75, 3.05) is 18.5 Å². The Balaban J connectivity index is 3.07. The molecule has 21 heavy (non-hydrogen) atoms. The number of hydrogen-bond donors (Lipinski definition) is 1. The van der Waals surface area contributed by atoms with Crippen LogP contribution in [0.5, 0.6) is 0 Å². The molecule has 114 valence electrons. The lowest BCUT2D eigenvalue weighted by Gasteiger charge is -2.21. The Morgan fingerprint density at radius 3 is 2.48 bits per heavy atom. The second-order valence-electron chi connectivity index (χ2n) is 5.22. The lowest BCUT2D eigenvalue weighted by molar-refractivity contribution is -0.120. The Bertz CT molecular complexity index is 548. The smallest absolute Gasteiger partial charge is 0.239 e. The molecule has 1 N–H and O–H groups in total. The molecule has 6 nitrogen and oxygen atoms in total. The van der Waals surface area contributed by atoms with E-state index in [1.165, 1.54) is 0 Å². The number of hydrogen-bond acceptors (Lipinski definition) is 5. The van der Waals surface area contributed by atoms with Crippen LogP contribution in [0.15, 0.2) is 0 Å². The van der Waals surface area contributed by atoms with Gasteiger partial charge in [0, 0.05) is 13.1 Å². The fourth-order valence-electron chi connectivity index (χ4n) is 2.20. The van der Waals surface area contributed by atoms with Crippen LogP contribution in [0.3, 0.4) is 0 Å². The molecule has 0 spiro atoms. The zero-order valence-corrected chi connectivity index (χ0v) is 13.4. The van der Waals surface area contributed by atoms with Gasteiger partial charge in [-0.15, -0.1) is 5.10 Å². The number of rotatable bonds is 6. The third-order valence-electron chi connectivity index (χ3n) is 3.13. The van der Waals surface area contributed by atoms with E-state index in [9.17, 15) is 10.1 Å². The van der Waals surface area contributed by atoms with Gasteiger partial charge in [0.1, 0.15) is 11.6 Å². The molecule has 0 fully saturated rings. The molecular weight excluding hydrogens is 266 g/mol. The molecular formula is C15H23N5O. The minimum atomic E-state index is -0.101. The van der Waals surface area contributed by atoms with Crippen molar-refractivity contribution in [3.63, 3.8) is 0 Å². The molecule has 1 rings (SSSR count). The summed E-state index contributed by atoms with van der Waals surface area (Å²) in [4.78, 5) is 13.5. The van der Waals surface area contributed by atoms with Crippen molar-refractivity contribution in [3.05, 3.63) is 16.8 Å². The molecule has 0 aliphatic rings. The molecule has 0 atom stereocenters. The molecule has 0 saturated carbocycles. The number of nitrogens with one attached hydrogen (secondary N) is 1. The first-order chi connectivity index (χ1) is 9.94. The Morgan fingerprint density at radius 1 is 1.33 bits per heavy atom. The maximum absolute atomic E-state index is 11.8. The van der Waals surface area contributed by atoms with E-state index >= 15 is 0 Å². The van der Waals surface area contributed by atoms with Gasteiger partial charge in [0.15, 0.2) is 5.82 Å². The van der Waals surface area contributed by atoms with Gasteiger partial charge in [0.25, 0.3) is 0 Å². The molecule has 1 aromatic rings. The molecule has 0 aromatic carbocycles. The average molecular weight is 289 g/mol. The number of amides is 1. The van der Waals surface area contributed by atoms with Crippen LogP contribution in [0.1, 0.15) is 44.5 Å². The fourth-order valence-corrected chi connectivity index (χ4v) is 2.20. The number of carbonyl (C=O) groups is 1. The minimum Gasteiger partial charge on any atom is -0.352 e. The highest BCUT2D eigenvalue weighted by Gasteiger charge is 2.18. The maximum Gasteiger partial charge on any atom is 0.239 e. The van der Waals surface area contributed by atoms with Gasteiger partial charge in [0.2, 0.25) is 5.91 Å². The molecule has 1 amide bonds. The van der Waals surface area contributed by atoms with Crippen LogP contribution in [0.25, 0.3) is 0 Å². The van der Waals surface area contributed by atoms with Crippen molar-refractivity contribution in [1.29, 1.82) is 5.26 Å². The van der Waals surface area contributed by atoms with Crippen molar-refractivity contribution >= 4 is 11.7 Å². The highest BCUT2D eigenvalue weighted by molar-refractivity contribution is 5.81. The van der Waals surface area contributed by atoms with Gasteiger partial charge in [0.05, 0.1) is 12.2 Å². The van der Waals surface area contributed by atoms with Crippen molar-refractivity contribution in [2.24, 2.45) is 0 Å². The number of likely N-dealkylation sites (N-methyl/N-ethyl adjacent to an activating group) is 1. The van der Waals surface area contributed by atoms with Crippen molar-refractivity contribution in [2.45, 2.75) is 46.6 Å². The Morgan fingerprint density at radius 2 is 2.00 bits per heavy atom. The lowest BCUT2D eigenvalue weighted by Crippen LogP contribution is -2.39. The van der Waals surface area contributed by atoms with Crippen LogP contribution in [0.4, 0.5) is 5.82 Å². The van der Waals surface area contributed by atoms with Crippen molar-refractivity contribution in [3.8, 4) is 6.07 Å². The highest BCUT2D eigenvalue weighted by Crippen LogP contribution is 2.22. The summed E-state index contributed by atoms with van der Waals surface area (Å²) in [6.45, 7) is 7.94. The summed E-state index contributed by atoms with van der Waals surface area (Å²) in [7, 11) is 1.75. The average Bonchev–Trinajstić information content (AvgIpc) is 2.44. The van der Waals surface area contributed by atoms with E-state index in [0.717, 1.165) is 24.1 Å². The highest BCUT2D eigenvalue weighted by atomic mass is 16.2. The predicted octanol–water partition coefficient (Wildman–Crippen LogP) is 1.43. The number of aryl methyl sites for hydroxylation is 1. The molecule has 1 aromatic heterocycles. The lowest BCUT2D eigenvalue weighted by atomic mass is 10.0. The summed E-state index contributed by atoms with van der Waals surface area (Å²) in [5.41, 5.74) is 2.28. The molecule has 6 heteroatoms. The minimum absolute atomic E-state index is 0.0843. The Labute approximate surface area is 126 Å². The van der Waals surface area contributed by atoms with E-state index < -0.39 is 0 Å². The third-order valence-corrected chi connectivity index (χ3v) is 3.13. The van der Waals surface area contributed by atoms with E-state index in [2.05, 4.69) is 21.6 Å². The maximum atomic E-state index is 11.8. The van der Waals surface area contributed by atoms with Gasteiger partial charge in [-0.1, -0.05) is 13.8 Å². The number of aromatic nitrogens is 2. The van der Waals surface area contributed by atoms with E-state index in [0.29, 0.717) is 11.4 Å². The van der Waals surface area contributed by atoms with Gasteiger partial charge in [-0.05, 0) is 32.3 Å². The summed E-state index contributed by atoms with van der Waals surface area (Å²) < 4.78 is 0. The normalized spacial score (nSPS) is 10.3. The zero-order valence-electron chi connectivity index (χ0n) is 13.4. The number of carbonyl (C=O) groups excluding carboxylic acids is 1. The first kappa shape index (κ1) is 16.9. The van der Waals surface area contributed by atoms with Gasteiger partial charge < -0.3 is 10.2 Å². The SMILES string of the molecule is CCc1nnc(N(C)CC(=O)NC(C)C)c(C#N)c1CC. The molecule has 0 radical (unpaired) electrons. The number of nitrogens with zero attached hydrogens (tertiary/aromatic N) is 4. The standard InChI is InChI=1S/C15H23N5O/c1-6-11-12(8-16)15(19-18-13(11)7-2)20(5)9-14(21)17-10(3)4/h10H,6-7,9H2,1-5H3,(H,17,21). The van der Waals surface area contributed by atoms with E-state index in [-0.39, 0.29) is 18.5 Å². The monoisotopic (exact) mass is 289 g/mol. The predicted molar refractivity (Wildman–Crippen MR) is 82.1 cm³/mol. The fraction of sp³-hybridized carbons (Fsp3) is 0.600. The number of nitriles is 1. The summed E-state index contributed by atoms with van der Waals surface area (Å²) in [6, 6.07) is 2.29. The number of anilines is 1. The molecule has 0 saturated heterocycles. The quantitative estimate of drug-likeness (QED) is 0.856. The zero-order chi connectivity index (χ0) is 16.0. The van der Waals surface area contributed by atoms with Crippen LogP contribution < -0.4 is 10.2 Å². The molecule has 0 aliphatic carbocycles. The summed E-state index contributed by atoms with van der Waals surface area (Å²) >= 11 is 0. The van der Waals surface area contributed by atoms with Crippen molar-refractivity contribution in [1.82, 2.24) is 15.5 Å². The third kappa shape index (κ3) is 4.15. The van der Waals surface area contributed by atoms with Crippen LogP contribution in [-0.4, -0.2) is 35.7 Å². The topological polar surface area (TPSA) is 81.9 Å². The van der Waals surface area contributed by atoms with Crippen LogP contribution >= 0.6 is 0 Å². The first-order valence-electron chi connectivity index (χ1n) is 7.23. The van der Waals surface area contributed by atoms with Gasteiger partial charge >= 0.3 is 0 Å². The molecule has 0 aliphatic heterocycles. The molecule has 0 bridgehead atoms. The van der Waals surface area contributed by atoms with Crippen LogP contribution in [-0.2, 0) is 17.6 Å². The summed E-state index contributed by atoms with van der Waals surface area (Å²) in [6.07, 6.45) is 1.46. The first-order valence-corrected chi connectivity index (χ1v) is 7.23. The van der Waals surface area contributed by atoms with Gasteiger partial charge in [-0.2, -0.15) is 10.4 Å². The van der Waals surface area contributed by atoms with Crippen molar-refractivity contribution < 1.29 is 4.79 Å².